The summed E-state index contributed by atoms with van der Waals surface area (Å²) in [4.78, 5) is 11.6. The van der Waals surface area contributed by atoms with Crippen LogP contribution in [-0.4, -0.2) is 38.0 Å². The Morgan fingerprint density at radius 3 is 2.81 bits per heavy atom. The number of rotatable bonds is 7. The summed E-state index contributed by atoms with van der Waals surface area (Å²) >= 11 is 3.19. The molecule has 1 aliphatic carbocycles. The van der Waals surface area contributed by atoms with Crippen LogP contribution in [0.5, 0.6) is 0 Å². The Balaban J connectivity index is 2.46. The van der Waals surface area contributed by atoms with Gasteiger partial charge in [-0.15, -0.1) is 0 Å². The van der Waals surface area contributed by atoms with Gasteiger partial charge in [0.15, 0.2) is 5.78 Å². The summed E-state index contributed by atoms with van der Waals surface area (Å²) in [5.74, 6) is 0.126. The van der Waals surface area contributed by atoms with E-state index in [1.54, 1.807) is 7.11 Å². The zero-order valence-electron chi connectivity index (χ0n) is 9.50. The van der Waals surface area contributed by atoms with E-state index in [1.807, 2.05) is 6.08 Å². The number of allylic oxidation sites excluding steroid dienone is 2. The fraction of sp³-hybridized carbons (Fsp3) is 0.583. The third-order valence-electron chi connectivity index (χ3n) is 2.36. The van der Waals surface area contributed by atoms with Crippen LogP contribution in [0.2, 0.25) is 0 Å². The number of halogens is 1. The number of methoxy groups -OCH3 is 1. The number of hydrogen-bond acceptors (Lipinski definition) is 3. The van der Waals surface area contributed by atoms with Gasteiger partial charge < -0.3 is 9.47 Å². The van der Waals surface area contributed by atoms with Crippen molar-refractivity contribution in [1.29, 1.82) is 0 Å². The highest BCUT2D eigenvalue weighted by Gasteiger charge is 2.15. The quantitative estimate of drug-likeness (QED) is 0.533. The van der Waals surface area contributed by atoms with Crippen molar-refractivity contribution in [2.75, 3.05) is 32.3 Å². The lowest BCUT2D eigenvalue weighted by atomic mass is 9.96. The van der Waals surface area contributed by atoms with Crippen LogP contribution in [-0.2, 0) is 14.3 Å². The van der Waals surface area contributed by atoms with Gasteiger partial charge in [0.2, 0.25) is 0 Å². The van der Waals surface area contributed by atoms with Crippen molar-refractivity contribution in [3.05, 3.63) is 23.3 Å². The summed E-state index contributed by atoms with van der Waals surface area (Å²) in [7, 11) is 1.64. The van der Waals surface area contributed by atoms with Gasteiger partial charge in [0.25, 0.3) is 0 Å². The molecule has 1 rings (SSSR count). The fourth-order valence-electron chi connectivity index (χ4n) is 1.55. The Hall–Kier alpha value is -0.450. The second-order valence-electron chi connectivity index (χ2n) is 3.53. The van der Waals surface area contributed by atoms with Gasteiger partial charge in [-0.2, -0.15) is 0 Å². The standard InChI is InChI=1S/C12H17BrO3/c1-15-6-7-16-9-10-4-2-3-5-11(10)12(14)8-13/h4-5H,2-3,6-9H2,1H3. The number of carbonyl (C=O) groups is 1. The van der Waals surface area contributed by atoms with Gasteiger partial charge >= 0.3 is 0 Å². The highest BCUT2D eigenvalue weighted by Crippen LogP contribution is 2.20. The molecule has 0 bridgehead atoms. The smallest absolute Gasteiger partial charge is 0.173 e. The van der Waals surface area contributed by atoms with Crippen molar-refractivity contribution in [1.82, 2.24) is 0 Å². The largest absolute Gasteiger partial charge is 0.382 e. The van der Waals surface area contributed by atoms with Crippen molar-refractivity contribution < 1.29 is 14.3 Å². The average molecular weight is 289 g/mol. The van der Waals surface area contributed by atoms with Gasteiger partial charge in [-0.05, 0) is 18.4 Å². The predicted molar refractivity (Wildman–Crippen MR) is 66.9 cm³/mol. The molecule has 0 aliphatic heterocycles. The molecular formula is C12H17BrO3. The van der Waals surface area contributed by atoms with E-state index in [0.29, 0.717) is 25.2 Å². The summed E-state index contributed by atoms with van der Waals surface area (Å²) in [5.41, 5.74) is 1.81. The molecule has 0 spiro atoms. The molecular weight excluding hydrogens is 272 g/mol. The molecule has 4 heteroatoms. The molecule has 16 heavy (non-hydrogen) atoms. The summed E-state index contributed by atoms with van der Waals surface area (Å²) in [6, 6.07) is 0. The maximum absolute atomic E-state index is 11.6. The van der Waals surface area contributed by atoms with Crippen LogP contribution in [0.15, 0.2) is 23.3 Å². The van der Waals surface area contributed by atoms with Crippen LogP contribution in [0.1, 0.15) is 12.8 Å². The zero-order chi connectivity index (χ0) is 11.8. The normalized spacial score (nSPS) is 15.6. The first-order chi connectivity index (χ1) is 7.79. The molecule has 0 radical (unpaired) electrons. The number of carbonyl (C=O) groups excluding carboxylic acids is 1. The molecule has 90 valence electrons. The van der Waals surface area contributed by atoms with E-state index in [2.05, 4.69) is 22.0 Å². The van der Waals surface area contributed by atoms with Crippen molar-refractivity contribution in [2.24, 2.45) is 0 Å². The molecule has 0 atom stereocenters. The fourth-order valence-corrected chi connectivity index (χ4v) is 1.85. The summed E-state index contributed by atoms with van der Waals surface area (Å²) in [5, 5.41) is 0.369. The van der Waals surface area contributed by atoms with E-state index in [9.17, 15) is 4.79 Å². The van der Waals surface area contributed by atoms with Gasteiger partial charge in [0.1, 0.15) is 0 Å². The Morgan fingerprint density at radius 1 is 1.38 bits per heavy atom. The van der Waals surface area contributed by atoms with Gasteiger partial charge in [0, 0.05) is 12.7 Å². The van der Waals surface area contributed by atoms with Gasteiger partial charge in [-0.1, -0.05) is 28.1 Å². The second-order valence-corrected chi connectivity index (χ2v) is 4.09. The Bertz CT molecular complexity index is 295. The topological polar surface area (TPSA) is 35.5 Å². The minimum Gasteiger partial charge on any atom is -0.382 e. The van der Waals surface area contributed by atoms with Gasteiger partial charge in [-0.3, -0.25) is 4.79 Å². The molecule has 0 amide bonds. The van der Waals surface area contributed by atoms with Crippen molar-refractivity contribution >= 4 is 21.7 Å². The average Bonchev–Trinajstić information content (AvgIpc) is 2.34. The summed E-state index contributed by atoms with van der Waals surface area (Å²) in [6.45, 7) is 1.64. The molecule has 0 aromatic carbocycles. The molecule has 0 heterocycles. The number of ether oxygens (including phenoxy) is 2. The molecule has 1 aliphatic rings. The monoisotopic (exact) mass is 288 g/mol. The van der Waals surface area contributed by atoms with Gasteiger partial charge in [0.05, 0.1) is 25.2 Å². The van der Waals surface area contributed by atoms with E-state index in [1.165, 1.54) is 0 Å². The third kappa shape index (κ3) is 4.20. The molecule has 0 unspecified atom stereocenters. The minimum atomic E-state index is 0.126. The van der Waals surface area contributed by atoms with E-state index in [0.717, 1.165) is 24.0 Å². The van der Waals surface area contributed by atoms with Crippen molar-refractivity contribution in [3.63, 3.8) is 0 Å². The molecule has 0 aromatic rings. The summed E-state index contributed by atoms with van der Waals surface area (Å²) < 4.78 is 10.3. The van der Waals surface area contributed by atoms with Crippen LogP contribution < -0.4 is 0 Å². The SMILES string of the molecule is COCCOCC1=CCCC=C1C(=O)CBr. The first-order valence-corrected chi connectivity index (χ1v) is 6.47. The highest BCUT2D eigenvalue weighted by molar-refractivity contribution is 9.09. The van der Waals surface area contributed by atoms with E-state index in [-0.39, 0.29) is 5.78 Å². The molecule has 3 nitrogen and oxygen atoms in total. The van der Waals surface area contributed by atoms with Crippen LogP contribution >= 0.6 is 15.9 Å². The number of alkyl halides is 1. The minimum absolute atomic E-state index is 0.126. The molecule has 0 aromatic heterocycles. The summed E-state index contributed by atoms with van der Waals surface area (Å²) in [6.07, 6.45) is 6.01. The van der Waals surface area contributed by atoms with Gasteiger partial charge in [-0.25, -0.2) is 0 Å². The highest BCUT2D eigenvalue weighted by atomic mass is 79.9. The Kier molecular flexibility index (Phi) is 6.61. The zero-order valence-corrected chi connectivity index (χ0v) is 11.1. The van der Waals surface area contributed by atoms with Crippen LogP contribution in [0.3, 0.4) is 0 Å². The third-order valence-corrected chi connectivity index (χ3v) is 2.87. The second kappa shape index (κ2) is 7.76. The van der Waals surface area contributed by atoms with Crippen LogP contribution in [0.25, 0.3) is 0 Å². The number of ketones is 1. The van der Waals surface area contributed by atoms with Crippen LogP contribution in [0, 0.1) is 0 Å². The number of hydrogen-bond donors (Lipinski definition) is 0. The van der Waals surface area contributed by atoms with Crippen LogP contribution in [0.4, 0.5) is 0 Å². The molecule has 0 saturated heterocycles. The predicted octanol–water partition coefficient (Wildman–Crippen LogP) is 2.26. The first-order valence-electron chi connectivity index (χ1n) is 5.35. The Morgan fingerprint density at radius 2 is 2.12 bits per heavy atom. The lowest BCUT2D eigenvalue weighted by molar-refractivity contribution is -0.113. The van der Waals surface area contributed by atoms with Crippen molar-refractivity contribution in [2.45, 2.75) is 12.8 Å². The maximum Gasteiger partial charge on any atom is 0.173 e. The molecule has 0 N–H and O–H groups in total. The van der Waals surface area contributed by atoms with E-state index >= 15 is 0 Å². The van der Waals surface area contributed by atoms with E-state index in [4.69, 9.17) is 9.47 Å². The first kappa shape index (κ1) is 13.6. The number of Topliss-reactive ketones (excluding diaryl/α,β-unsaturated/α-hetero) is 1. The van der Waals surface area contributed by atoms with E-state index < -0.39 is 0 Å². The maximum atomic E-state index is 11.6. The lowest BCUT2D eigenvalue weighted by Crippen LogP contribution is -2.14. The lowest BCUT2D eigenvalue weighted by Gasteiger charge is -2.14. The Labute approximate surface area is 105 Å². The van der Waals surface area contributed by atoms with Crippen molar-refractivity contribution in [3.8, 4) is 0 Å². The molecule has 0 fully saturated rings. The molecule has 0 saturated carbocycles.